The molecule has 0 aliphatic heterocycles. The molecule has 1 atom stereocenters. The molecular formula is C20H24FNO2S. The first kappa shape index (κ1) is 19.3. The predicted octanol–water partition coefficient (Wildman–Crippen LogP) is 4.34. The molecule has 0 bridgehead atoms. The fraction of sp³-hybridized carbons (Fsp3) is 0.350. The zero-order valence-corrected chi connectivity index (χ0v) is 15.4. The highest BCUT2D eigenvalue weighted by Gasteiger charge is 2.19. The summed E-state index contributed by atoms with van der Waals surface area (Å²) in [6.07, 6.45) is -0.199. The summed E-state index contributed by atoms with van der Waals surface area (Å²) in [6.45, 7) is 4.48. The van der Waals surface area contributed by atoms with Gasteiger partial charge in [-0.05, 0) is 31.0 Å². The van der Waals surface area contributed by atoms with Gasteiger partial charge in [0, 0.05) is 18.1 Å². The number of aryl methyl sites for hydroxylation is 1. The van der Waals surface area contributed by atoms with Gasteiger partial charge < -0.3 is 10.1 Å². The molecule has 1 amide bonds. The second-order valence-corrected chi connectivity index (χ2v) is 6.88. The minimum Gasteiger partial charge on any atom is -0.478 e. The van der Waals surface area contributed by atoms with E-state index in [1.165, 1.54) is 23.3 Å². The minimum atomic E-state index is -0.682. The van der Waals surface area contributed by atoms with Crippen molar-refractivity contribution in [1.82, 2.24) is 5.32 Å². The summed E-state index contributed by atoms with van der Waals surface area (Å²) in [4.78, 5) is 12.2. The molecule has 0 fully saturated rings. The Kier molecular flexibility index (Phi) is 7.79. The Morgan fingerprint density at radius 1 is 1.24 bits per heavy atom. The van der Waals surface area contributed by atoms with E-state index in [2.05, 4.69) is 36.5 Å². The first-order valence-corrected chi connectivity index (χ1v) is 9.57. The van der Waals surface area contributed by atoms with Crippen LogP contribution >= 0.6 is 11.8 Å². The van der Waals surface area contributed by atoms with Crippen LogP contribution in [0.15, 0.2) is 48.5 Å². The van der Waals surface area contributed by atoms with E-state index >= 15 is 0 Å². The Bertz CT molecular complexity index is 693. The van der Waals surface area contributed by atoms with Crippen molar-refractivity contribution in [3.05, 3.63) is 65.5 Å². The number of thioether (sulfide) groups is 1. The van der Waals surface area contributed by atoms with Crippen LogP contribution in [0.2, 0.25) is 0 Å². The van der Waals surface area contributed by atoms with Crippen LogP contribution in [-0.4, -0.2) is 24.3 Å². The van der Waals surface area contributed by atoms with E-state index in [0.717, 1.165) is 11.5 Å². The lowest BCUT2D eigenvalue weighted by atomic mass is 10.2. The SMILES string of the molecule is CC[C@H](Oc1ccccc1F)C(=O)NCCSCc1cccc(C)c1. The first-order valence-electron chi connectivity index (χ1n) is 8.42. The maximum atomic E-state index is 13.6. The van der Waals surface area contributed by atoms with Gasteiger partial charge >= 0.3 is 0 Å². The van der Waals surface area contributed by atoms with E-state index in [4.69, 9.17) is 4.74 Å². The van der Waals surface area contributed by atoms with Crippen molar-refractivity contribution >= 4 is 17.7 Å². The molecule has 2 rings (SSSR count). The van der Waals surface area contributed by atoms with Gasteiger partial charge in [-0.3, -0.25) is 4.79 Å². The standard InChI is InChI=1S/C20H24FNO2S/c1-3-18(24-19-10-5-4-9-17(19)21)20(23)22-11-12-25-14-16-8-6-7-15(2)13-16/h4-10,13,18H,3,11-12,14H2,1-2H3,(H,22,23)/t18-/m0/s1. The lowest BCUT2D eigenvalue weighted by molar-refractivity contribution is -0.128. The quantitative estimate of drug-likeness (QED) is 0.675. The molecule has 3 nitrogen and oxygen atoms in total. The number of rotatable bonds is 9. The van der Waals surface area contributed by atoms with Crippen molar-refractivity contribution in [3.63, 3.8) is 0 Å². The summed E-state index contributed by atoms with van der Waals surface area (Å²) in [5.41, 5.74) is 2.54. The zero-order chi connectivity index (χ0) is 18.1. The summed E-state index contributed by atoms with van der Waals surface area (Å²) >= 11 is 1.77. The predicted molar refractivity (Wildman–Crippen MR) is 101 cm³/mol. The molecule has 2 aromatic carbocycles. The van der Waals surface area contributed by atoms with Crippen molar-refractivity contribution in [2.24, 2.45) is 0 Å². The molecule has 0 aliphatic carbocycles. The van der Waals surface area contributed by atoms with Crippen molar-refractivity contribution in [2.45, 2.75) is 32.1 Å². The third-order valence-electron chi connectivity index (χ3n) is 3.67. The van der Waals surface area contributed by atoms with Crippen molar-refractivity contribution in [2.75, 3.05) is 12.3 Å². The van der Waals surface area contributed by atoms with E-state index in [-0.39, 0.29) is 11.7 Å². The molecule has 0 unspecified atom stereocenters. The number of hydrogen-bond acceptors (Lipinski definition) is 3. The summed E-state index contributed by atoms with van der Waals surface area (Å²) in [5.74, 6) is 1.18. The van der Waals surface area contributed by atoms with Gasteiger partial charge in [0.15, 0.2) is 17.7 Å². The van der Waals surface area contributed by atoms with Gasteiger partial charge in [0.2, 0.25) is 0 Å². The van der Waals surface area contributed by atoms with Crippen molar-refractivity contribution in [1.29, 1.82) is 0 Å². The van der Waals surface area contributed by atoms with E-state index in [1.54, 1.807) is 23.9 Å². The van der Waals surface area contributed by atoms with Gasteiger partial charge in [0.25, 0.3) is 5.91 Å². The van der Waals surface area contributed by atoms with Gasteiger partial charge in [-0.2, -0.15) is 11.8 Å². The molecule has 0 saturated carbocycles. The number of nitrogens with one attached hydrogen (secondary N) is 1. The van der Waals surface area contributed by atoms with Gasteiger partial charge in [-0.15, -0.1) is 0 Å². The Hall–Kier alpha value is -2.01. The van der Waals surface area contributed by atoms with Gasteiger partial charge in [0.1, 0.15) is 0 Å². The lowest BCUT2D eigenvalue weighted by Gasteiger charge is -2.17. The van der Waals surface area contributed by atoms with E-state index in [0.29, 0.717) is 13.0 Å². The number of para-hydroxylation sites is 1. The van der Waals surface area contributed by atoms with Crippen LogP contribution in [0.4, 0.5) is 4.39 Å². The molecule has 5 heteroatoms. The van der Waals surface area contributed by atoms with Crippen LogP contribution in [0.5, 0.6) is 5.75 Å². The van der Waals surface area contributed by atoms with Crippen LogP contribution in [0.25, 0.3) is 0 Å². The zero-order valence-electron chi connectivity index (χ0n) is 14.6. The second kappa shape index (κ2) is 10.1. The molecular weight excluding hydrogens is 337 g/mol. The number of halogens is 1. The highest BCUT2D eigenvalue weighted by molar-refractivity contribution is 7.98. The number of ether oxygens (including phenoxy) is 1. The fourth-order valence-electron chi connectivity index (χ4n) is 2.37. The second-order valence-electron chi connectivity index (χ2n) is 5.78. The first-order chi connectivity index (χ1) is 12.1. The number of hydrogen-bond donors (Lipinski definition) is 1. The fourth-order valence-corrected chi connectivity index (χ4v) is 3.17. The van der Waals surface area contributed by atoms with Crippen LogP contribution in [0.1, 0.15) is 24.5 Å². The Morgan fingerprint density at radius 2 is 2.04 bits per heavy atom. The monoisotopic (exact) mass is 361 g/mol. The Morgan fingerprint density at radius 3 is 2.76 bits per heavy atom. The number of carbonyl (C=O) groups excluding carboxylic acids is 1. The van der Waals surface area contributed by atoms with Gasteiger partial charge in [-0.25, -0.2) is 4.39 Å². The normalized spacial score (nSPS) is 11.8. The lowest BCUT2D eigenvalue weighted by Crippen LogP contribution is -2.39. The smallest absolute Gasteiger partial charge is 0.261 e. The average molecular weight is 361 g/mol. The van der Waals surface area contributed by atoms with Crippen molar-refractivity contribution in [3.8, 4) is 5.75 Å². The van der Waals surface area contributed by atoms with Gasteiger partial charge in [0.05, 0.1) is 0 Å². The number of carbonyl (C=O) groups is 1. The molecule has 1 N–H and O–H groups in total. The molecule has 25 heavy (non-hydrogen) atoms. The molecule has 0 saturated heterocycles. The summed E-state index contributed by atoms with van der Waals surface area (Å²) in [5, 5.41) is 2.86. The van der Waals surface area contributed by atoms with Crippen LogP contribution in [0.3, 0.4) is 0 Å². The van der Waals surface area contributed by atoms with Crippen molar-refractivity contribution < 1.29 is 13.9 Å². The van der Waals surface area contributed by atoms with E-state index in [1.807, 2.05) is 6.92 Å². The summed E-state index contributed by atoms with van der Waals surface area (Å²) in [7, 11) is 0. The van der Waals surface area contributed by atoms with Crippen LogP contribution < -0.4 is 10.1 Å². The molecule has 134 valence electrons. The molecule has 0 aliphatic rings. The number of amides is 1. The highest BCUT2D eigenvalue weighted by Crippen LogP contribution is 2.18. The van der Waals surface area contributed by atoms with Crippen LogP contribution in [-0.2, 0) is 10.5 Å². The molecule has 0 spiro atoms. The Balaban J connectivity index is 1.72. The summed E-state index contributed by atoms with van der Waals surface area (Å²) in [6, 6.07) is 14.5. The summed E-state index contributed by atoms with van der Waals surface area (Å²) < 4.78 is 19.1. The highest BCUT2D eigenvalue weighted by atomic mass is 32.2. The van der Waals surface area contributed by atoms with E-state index in [9.17, 15) is 9.18 Å². The van der Waals surface area contributed by atoms with Gasteiger partial charge in [-0.1, -0.05) is 48.9 Å². The maximum absolute atomic E-state index is 13.6. The average Bonchev–Trinajstić information content (AvgIpc) is 2.60. The molecule has 0 heterocycles. The maximum Gasteiger partial charge on any atom is 0.261 e. The minimum absolute atomic E-state index is 0.110. The third-order valence-corrected chi connectivity index (χ3v) is 4.70. The van der Waals surface area contributed by atoms with Crippen LogP contribution in [0, 0.1) is 12.7 Å². The van der Waals surface area contributed by atoms with E-state index < -0.39 is 11.9 Å². The molecule has 0 aromatic heterocycles. The topological polar surface area (TPSA) is 38.3 Å². The Labute approximate surface area is 153 Å². The third kappa shape index (κ3) is 6.42. The largest absolute Gasteiger partial charge is 0.478 e. The number of benzene rings is 2. The molecule has 0 radical (unpaired) electrons. The molecule has 2 aromatic rings.